The number of methoxy groups -OCH3 is 1. The number of anilines is 1. The van der Waals surface area contributed by atoms with Gasteiger partial charge in [0.15, 0.2) is 0 Å². The lowest BCUT2D eigenvalue weighted by atomic mass is 10.1. The van der Waals surface area contributed by atoms with Crippen LogP contribution < -0.4 is 14.4 Å². The first-order chi connectivity index (χ1) is 11.5. The van der Waals surface area contributed by atoms with Gasteiger partial charge in [0.1, 0.15) is 9.96 Å². The van der Waals surface area contributed by atoms with Crippen LogP contribution in [0, 0.1) is 5.92 Å². The van der Waals surface area contributed by atoms with Gasteiger partial charge in [0.25, 0.3) is 0 Å². The number of sulfonamides is 1. The Labute approximate surface area is 145 Å². The van der Waals surface area contributed by atoms with E-state index in [1.165, 1.54) is 11.3 Å². The Hall–Kier alpha value is -1.90. The number of benzene rings is 1. The van der Waals surface area contributed by atoms with Crippen LogP contribution in [0.4, 0.5) is 5.69 Å². The van der Waals surface area contributed by atoms with Gasteiger partial charge in [-0.15, -0.1) is 11.3 Å². The zero-order valence-corrected chi connectivity index (χ0v) is 14.8. The van der Waals surface area contributed by atoms with E-state index < -0.39 is 10.0 Å². The minimum atomic E-state index is -3.49. The van der Waals surface area contributed by atoms with E-state index in [9.17, 15) is 13.2 Å². The molecule has 0 bridgehead atoms. The molecule has 6 nitrogen and oxygen atoms in total. The van der Waals surface area contributed by atoms with Gasteiger partial charge in [-0.05, 0) is 41.6 Å². The Morgan fingerprint density at radius 1 is 1.29 bits per heavy atom. The summed E-state index contributed by atoms with van der Waals surface area (Å²) in [6.45, 7) is 0.747. The van der Waals surface area contributed by atoms with Gasteiger partial charge in [0.05, 0.1) is 7.11 Å². The molecular weight excluding hydrogens is 348 g/mol. The predicted molar refractivity (Wildman–Crippen MR) is 93.0 cm³/mol. The minimum absolute atomic E-state index is 0.000452. The highest BCUT2D eigenvalue weighted by atomic mass is 32.2. The number of nitrogens with one attached hydrogen (secondary N) is 1. The first-order valence-electron chi connectivity index (χ1n) is 7.47. The molecule has 0 saturated carbocycles. The van der Waals surface area contributed by atoms with Crippen molar-refractivity contribution < 1.29 is 17.9 Å². The van der Waals surface area contributed by atoms with Crippen molar-refractivity contribution in [3.8, 4) is 5.75 Å². The van der Waals surface area contributed by atoms with Gasteiger partial charge in [-0.2, -0.15) is 0 Å². The fraction of sp³-hybridized carbons (Fsp3) is 0.312. The highest BCUT2D eigenvalue weighted by molar-refractivity contribution is 7.91. The quantitative estimate of drug-likeness (QED) is 0.849. The Balaban J connectivity index is 1.62. The molecule has 2 aromatic rings. The maximum Gasteiger partial charge on any atom is 0.250 e. The van der Waals surface area contributed by atoms with Crippen LogP contribution in [-0.2, 0) is 14.8 Å². The molecule has 1 amide bonds. The zero-order chi connectivity index (χ0) is 17.2. The molecule has 0 aliphatic carbocycles. The topological polar surface area (TPSA) is 75.7 Å². The Bertz CT molecular complexity index is 801. The largest absolute Gasteiger partial charge is 0.497 e. The summed E-state index contributed by atoms with van der Waals surface area (Å²) in [5, 5.41) is 1.72. The second kappa shape index (κ2) is 6.92. The van der Waals surface area contributed by atoms with Crippen LogP contribution in [-0.4, -0.2) is 34.5 Å². The lowest BCUT2D eigenvalue weighted by Crippen LogP contribution is -2.31. The van der Waals surface area contributed by atoms with Gasteiger partial charge in [0.2, 0.25) is 15.9 Å². The first-order valence-corrected chi connectivity index (χ1v) is 9.83. The molecule has 1 aromatic heterocycles. The summed E-state index contributed by atoms with van der Waals surface area (Å²) >= 11 is 1.17. The molecule has 1 aromatic carbocycles. The molecule has 24 heavy (non-hydrogen) atoms. The van der Waals surface area contributed by atoms with Gasteiger partial charge in [-0.1, -0.05) is 6.07 Å². The van der Waals surface area contributed by atoms with E-state index in [0.29, 0.717) is 17.2 Å². The number of carbonyl (C=O) groups is 1. The molecule has 1 saturated heterocycles. The van der Waals surface area contributed by atoms with Crippen LogP contribution in [0.5, 0.6) is 5.75 Å². The number of hydrogen-bond donors (Lipinski definition) is 1. The SMILES string of the molecule is COc1ccc(N2C[C@@H](CNS(=O)(=O)c3cccs3)CC2=O)cc1. The Kier molecular flexibility index (Phi) is 4.88. The van der Waals surface area contributed by atoms with E-state index in [4.69, 9.17) is 4.74 Å². The van der Waals surface area contributed by atoms with E-state index in [1.807, 2.05) is 12.1 Å². The lowest BCUT2D eigenvalue weighted by molar-refractivity contribution is -0.117. The highest BCUT2D eigenvalue weighted by Crippen LogP contribution is 2.27. The molecular formula is C16H18N2O4S2. The van der Waals surface area contributed by atoms with Crippen LogP contribution in [0.1, 0.15) is 6.42 Å². The monoisotopic (exact) mass is 366 g/mol. The smallest absolute Gasteiger partial charge is 0.250 e. The average Bonchev–Trinajstić information content (AvgIpc) is 3.23. The van der Waals surface area contributed by atoms with Crippen LogP contribution >= 0.6 is 11.3 Å². The number of carbonyl (C=O) groups excluding carboxylic acids is 1. The molecule has 1 aliphatic heterocycles. The number of amides is 1. The summed E-state index contributed by atoms with van der Waals surface area (Å²) in [4.78, 5) is 13.9. The summed E-state index contributed by atoms with van der Waals surface area (Å²) in [7, 11) is -1.90. The van der Waals surface area contributed by atoms with Gasteiger partial charge >= 0.3 is 0 Å². The number of ether oxygens (including phenoxy) is 1. The predicted octanol–water partition coefficient (Wildman–Crippen LogP) is 2.09. The van der Waals surface area contributed by atoms with Crippen molar-refractivity contribution in [2.24, 2.45) is 5.92 Å². The third-order valence-corrected chi connectivity index (χ3v) is 6.73. The number of thiophene rings is 1. The number of hydrogen-bond acceptors (Lipinski definition) is 5. The lowest BCUT2D eigenvalue weighted by Gasteiger charge is -2.17. The molecule has 0 spiro atoms. The number of nitrogens with zero attached hydrogens (tertiary/aromatic N) is 1. The van der Waals surface area contributed by atoms with Crippen molar-refractivity contribution in [2.75, 3.05) is 25.1 Å². The maximum absolute atomic E-state index is 12.2. The van der Waals surface area contributed by atoms with Gasteiger partial charge in [-0.25, -0.2) is 13.1 Å². The molecule has 2 heterocycles. The van der Waals surface area contributed by atoms with Crippen molar-refractivity contribution in [1.29, 1.82) is 0 Å². The van der Waals surface area contributed by atoms with Crippen LogP contribution in [0.15, 0.2) is 46.0 Å². The van der Waals surface area contributed by atoms with E-state index in [2.05, 4.69) is 4.72 Å². The molecule has 8 heteroatoms. The van der Waals surface area contributed by atoms with Crippen molar-refractivity contribution in [3.05, 3.63) is 41.8 Å². The summed E-state index contributed by atoms with van der Waals surface area (Å²) in [5.41, 5.74) is 0.796. The Morgan fingerprint density at radius 2 is 2.04 bits per heavy atom. The van der Waals surface area contributed by atoms with Crippen molar-refractivity contribution in [2.45, 2.75) is 10.6 Å². The normalized spacial score (nSPS) is 18.1. The van der Waals surface area contributed by atoms with Crippen LogP contribution in [0.2, 0.25) is 0 Å². The third-order valence-electron chi connectivity index (χ3n) is 3.91. The average molecular weight is 366 g/mol. The molecule has 1 fully saturated rings. The second-order valence-electron chi connectivity index (χ2n) is 5.56. The van der Waals surface area contributed by atoms with E-state index in [1.54, 1.807) is 41.7 Å². The van der Waals surface area contributed by atoms with Gasteiger partial charge in [-0.3, -0.25) is 4.79 Å². The summed E-state index contributed by atoms with van der Waals surface area (Å²) in [6.07, 6.45) is 0.332. The van der Waals surface area contributed by atoms with Crippen molar-refractivity contribution >= 4 is 33.0 Å². The van der Waals surface area contributed by atoms with Crippen molar-refractivity contribution in [3.63, 3.8) is 0 Å². The molecule has 1 atom stereocenters. The third kappa shape index (κ3) is 3.61. The van der Waals surface area contributed by atoms with Crippen molar-refractivity contribution in [1.82, 2.24) is 4.72 Å². The van der Waals surface area contributed by atoms with E-state index >= 15 is 0 Å². The Morgan fingerprint density at radius 3 is 2.67 bits per heavy atom. The molecule has 128 valence electrons. The van der Waals surface area contributed by atoms with Gasteiger partial charge in [0, 0.05) is 25.2 Å². The highest BCUT2D eigenvalue weighted by Gasteiger charge is 2.31. The van der Waals surface area contributed by atoms with Gasteiger partial charge < -0.3 is 9.64 Å². The molecule has 1 N–H and O–H groups in total. The second-order valence-corrected chi connectivity index (χ2v) is 8.50. The molecule has 1 aliphatic rings. The maximum atomic E-state index is 12.2. The number of rotatable bonds is 6. The summed E-state index contributed by atoms with van der Waals surface area (Å²) in [6, 6.07) is 10.5. The minimum Gasteiger partial charge on any atom is -0.497 e. The zero-order valence-electron chi connectivity index (χ0n) is 13.1. The van der Waals surface area contributed by atoms with E-state index in [-0.39, 0.29) is 18.4 Å². The van der Waals surface area contributed by atoms with E-state index in [0.717, 1.165) is 11.4 Å². The summed E-state index contributed by atoms with van der Waals surface area (Å²) in [5.74, 6) is 0.681. The van der Waals surface area contributed by atoms with Crippen LogP contribution in [0.25, 0.3) is 0 Å². The molecule has 0 radical (unpaired) electrons. The molecule has 0 unspecified atom stereocenters. The fourth-order valence-electron chi connectivity index (χ4n) is 2.65. The fourth-order valence-corrected chi connectivity index (χ4v) is 4.80. The summed E-state index contributed by atoms with van der Waals surface area (Å²) < 4.78 is 32.3. The standard InChI is InChI=1S/C16H18N2O4S2/c1-22-14-6-4-13(5-7-14)18-11-12(9-15(18)19)10-17-24(20,21)16-3-2-8-23-16/h2-8,12,17H,9-11H2,1H3/t12-/m1/s1. The first kappa shape index (κ1) is 16.9. The molecule has 3 rings (SSSR count). The van der Waals surface area contributed by atoms with Crippen LogP contribution in [0.3, 0.4) is 0 Å².